The Kier molecular flexibility index (Phi) is 6.46. The van der Waals surface area contributed by atoms with Gasteiger partial charge in [0.25, 0.3) is 5.91 Å². The molecule has 10 heteroatoms. The Morgan fingerprint density at radius 2 is 1.76 bits per heavy atom. The number of nitrogens with zero attached hydrogens (tertiary/aromatic N) is 3. The summed E-state index contributed by atoms with van der Waals surface area (Å²) in [6.07, 6.45) is 6.16. The smallest absolute Gasteiger partial charge is 0.252 e. The lowest BCUT2D eigenvalue weighted by atomic mass is 9.94. The number of halogens is 2. The zero-order chi connectivity index (χ0) is 21.1. The molecule has 29 heavy (non-hydrogen) atoms. The van der Waals surface area contributed by atoms with Crippen LogP contribution in [0.2, 0.25) is 10.0 Å². The quantitative estimate of drug-likeness (QED) is 0.439. The van der Waals surface area contributed by atoms with Crippen molar-refractivity contribution in [2.45, 2.75) is 5.16 Å². The largest absolute Gasteiger partial charge is 0.493 e. The number of hydrogen-bond donors (Lipinski definition) is 1. The van der Waals surface area contributed by atoms with E-state index in [2.05, 4.69) is 15.0 Å². The van der Waals surface area contributed by atoms with Gasteiger partial charge in [0.05, 0.1) is 35.5 Å². The van der Waals surface area contributed by atoms with Crippen molar-refractivity contribution in [3.05, 3.63) is 46.3 Å². The minimum atomic E-state index is -0.666. The minimum absolute atomic E-state index is 0.151. The number of rotatable bonds is 6. The van der Waals surface area contributed by atoms with Crippen LogP contribution in [-0.4, -0.2) is 41.3 Å². The molecule has 2 N–H and O–H groups in total. The fourth-order valence-electron chi connectivity index (χ4n) is 2.87. The second kappa shape index (κ2) is 8.86. The standard InChI is InChI=1S/C19H16Cl2N4O3S/c1-27-13-5-4-9(16-10(18(22)26)6-24-19(25-16)29-3)14(17(13)28-2)15-11(20)7-23-8-12(15)21/h4-8H,1-3H3,(H2,22,26). The highest BCUT2D eigenvalue weighted by atomic mass is 35.5. The molecule has 0 spiro atoms. The molecular weight excluding hydrogens is 435 g/mol. The third kappa shape index (κ3) is 3.96. The number of methoxy groups -OCH3 is 2. The fraction of sp³-hybridized carbons (Fsp3) is 0.158. The molecule has 150 valence electrons. The third-order valence-corrected chi connectivity index (χ3v) is 5.25. The number of thioether (sulfide) groups is 1. The number of pyridine rings is 1. The third-order valence-electron chi connectivity index (χ3n) is 4.12. The van der Waals surface area contributed by atoms with Gasteiger partial charge in [-0.25, -0.2) is 9.97 Å². The van der Waals surface area contributed by atoms with Crippen LogP contribution in [0.4, 0.5) is 0 Å². The van der Waals surface area contributed by atoms with Gasteiger partial charge >= 0.3 is 0 Å². The minimum Gasteiger partial charge on any atom is -0.493 e. The molecule has 0 radical (unpaired) electrons. The first-order chi connectivity index (χ1) is 13.9. The number of hydrogen-bond acceptors (Lipinski definition) is 7. The maximum absolute atomic E-state index is 12.1. The molecule has 1 aromatic carbocycles. The highest BCUT2D eigenvalue weighted by Gasteiger charge is 2.25. The molecule has 0 bridgehead atoms. The first-order valence-electron chi connectivity index (χ1n) is 8.18. The van der Waals surface area contributed by atoms with Gasteiger partial charge in [0, 0.05) is 35.3 Å². The average molecular weight is 451 g/mol. The van der Waals surface area contributed by atoms with Crippen molar-refractivity contribution in [1.29, 1.82) is 0 Å². The van der Waals surface area contributed by atoms with E-state index < -0.39 is 5.91 Å². The summed E-state index contributed by atoms with van der Waals surface area (Å²) in [7, 11) is 3.01. The Morgan fingerprint density at radius 3 is 2.31 bits per heavy atom. The van der Waals surface area contributed by atoms with E-state index >= 15 is 0 Å². The summed E-state index contributed by atoms with van der Waals surface area (Å²) in [5, 5.41) is 1.06. The number of ether oxygens (including phenoxy) is 2. The van der Waals surface area contributed by atoms with Crippen LogP contribution in [0.3, 0.4) is 0 Å². The van der Waals surface area contributed by atoms with Gasteiger partial charge in [-0.1, -0.05) is 35.0 Å². The summed E-state index contributed by atoms with van der Waals surface area (Å²) in [6, 6.07) is 3.44. The maximum atomic E-state index is 12.1. The molecule has 2 aromatic heterocycles. The van der Waals surface area contributed by atoms with Gasteiger partial charge < -0.3 is 15.2 Å². The first kappa shape index (κ1) is 21.2. The molecule has 0 aliphatic rings. The zero-order valence-corrected chi connectivity index (χ0v) is 18.0. The Balaban J connectivity index is 2.48. The van der Waals surface area contributed by atoms with E-state index in [0.29, 0.717) is 49.1 Å². The van der Waals surface area contributed by atoms with Gasteiger partial charge in [0.1, 0.15) is 0 Å². The van der Waals surface area contributed by atoms with E-state index in [4.69, 9.17) is 38.4 Å². The van der Waals surface area contributed by atoms with Crippen molar-refractivity contribution in [1.82, 2.24) is 15.0 Å². The summed E-state index contributed by atoms with van der Waals surface area (Å²) >= 11 is 14.2. The van der Waals surface area contributed by atoms with Gasteiger partial charge in [0.15, 0.2) is 16.7 Å². The van der Waals surface area contributed by atoms with Crippen molar-refractivity contribution >= 4 is 40.9 Å². The number of amides is 1. The van der Waals surface area contributed by atoms with Crippen molar-refractivity contribution in [2.24, 2.45) is 5.73 Å². The molecule has 0 saturated carbocycles. The van der Waals surface area contributed by atoms with Crippen LogP contribution in [0, 0.1) is 0 Å². The molecule has 3 aromatic rings. The molecule has 3 rings (SSSR count). The van der Waals surface area contributed by atoms with Crippen molar-refractivity contribution in [3.8, 4) is 33.9 Å². The van der Waals surface area contributed by atoms with Crippen LogP contribution in [0.1, 0.15) is 10.4 Å². The normalized spacial score (nSPS) is 10.7. The average Bonchev–Trinajstić information content (AvgIpc) is 2.72. The Morgan fingerprint density at radius 1 is 1.07 bits per heavy atom. The van der Waals surface area contributed by atoms with E-state index in [0.717, 1.165) is 0 Å². The van der Waals surface area contributed by atoms with E-state index in [1.54, 1.807) is 12.1 Å². The van der Waals surface area contributed by atoms with E-state index in [9.17, 15) is 4.79 Å². The lowest BCUT2D eigenvalue weighted by Gasteiger charge is -2.19. The summed E-state index contributed by atoms with van der Waals surface area (Å²) in [5.41, 5.74) is 7.55. The summed E-state index contributed by atoms with van der Waals surface area (Å²) in [5.74, 6) is 0.162. The molecule has 0 fully saturated rings. The molecule has 7 nitrogen and oxygen atoms in total. The van der Waals surface area contributed by atoms with Crippen molar-refractivity contribution in [2.75, 3.05) is 20.5 Å². The van der Waals surface area contributed by atoms with Crippen LogP contribution < -0.4 is 15.2 Å². The monoisotopic (exact) mass is 450 g/mol. The van der Waals surface area contributed by atoms with Crippen LogP contribution in [0.25, 0.3) is 22.4 Å². The van der Waals surface area contributed by atoms with Crippen LogP contribution in [0.15, 0.2) is 35.9 Å². The maximum Gasteiger partial charge on any atom is 0.252 e. The van der Waals surface area contributed by atoms with Gasteiger partial charge in [-0.2, -0.15) is 0 Å². The predicted molar refractivity (Wildman–Crippen MR) is 114 cm³/mol. The Labute approximate surface area is 181 Å². The number of benzene rings is 1. The number of carbonyl (C=O) groups excluding carboxylic acids is 1. The number of aromatic nitrogens is 3. The van der Waals surface area contributed by atoms with Gasteiger partial charge in [-0.3, -0.25) is 9.78 Å². The zero-order valence-electron chi connectivity index (χ0n) is 15.7. The highest BCUT2D eigenvalue weighted by Crippen LogP contribution is 2.49. The highest BCUT2D eigenvalue weighted by molar-refractivity contribution is 7.98. The van der Waals surface area contributed by atoms with Crippen LogP contribution in [-0.2, 0) is 0 Å². The summed E-state index contributed by atoms with van der Waals surface area (Å²) in [6.45, 7) is 0. The van der Waals surface area contributed by atoms with Gasteiger partial charge in [-0.05, 0) is 18.4 Å². The van der Waals surface area contributed by atoms with Crippen LogP contribution >= 0.6 is 35.0 Å². The van der Waals surface area contributed by atoms with Gasteiger partial charge in [0.2, 0.25) is 0 Å². The molecular formula is C19H16Cl2N4O3S. The molecule has 0 aliphatic heterocycles. The molecule has 0 saturated heterocycles. The number of carbonyl (C=O) groups is 1. The molecule has 0 aliphatic carbocycles. The first-order valence-corrected chi connectivity index (χ1v) is 10.2. The lowest BCUT2D eigenvalue weighted by Crippen LogP contribution is -2.14. The SMILES string of the molecule is COc1ccc(-c2nc(SC)ncc2C(N)=O)c(-c2c(Cl)cncc2Cl)c1OC. The van der Waals surface area contributed by atoms with E-state index in [1.807, 2.05) is 6.26 Å². The molecule has 2 heterocycles. The lowest BCUT2D eigenvalue weighted by molar-refractivity contribution is 0.1000. The summed E-state index contributed by atoms with van der Waals surface area (Å²) in [4.78, 5) is 24.7. The second-order valence-corrected chi connectivity index (χ2v) is 7.27. The topological polar surface area (TPSA) is 100 Å². The fourth-order valence-corrected chi connectivity index (χ4v) is 3.77. The molecule has 0 unspecified atom stereocenters. The van der Waals surface area contributed by atoms with Crippen molar-refractivity contribution < 1.29 is 14.3 Å². The predicted octanol–water partition coefficient (Wildman–Crippen LogP) is 4.35. The van der Waals surface area contributed by atoms with Crippen LogP contribution in [0.5, 0.6) is 11.5 Å². The Bertz CT molecular complexity index is 1080. The van der Waals surface area contributed by atoms with E-state index in [1.165, 1.54) is 44.6 Å². The molecule has 0 atom stereocenters. The van der Waals surface area contributed by atoms with Crippen molar-refractivity contribution in [3.63, 3.8) is 0 Å². The Hall–Kier alpha value is -2.55. The van der Waals surface area contributed by atoms with Gasteiger partial charge in [-0.15, -0.1) is 0 Å². The second-order valence-electron chi connectivity index (χ2n) is 5.69. The summed E-state index contributed by atoms with van der Waals surface area (Å²) < 4.78 is 11.1. The number of nitrogens with two attached hydrogens (primary N) is 1. The number of primary amides is 1. The van der Waals surface area contributed by atoms with E-state index in [-0.39, 0.29) is 5.56 Å². The molecule has 1 amide bonds.